The second-order valence-electron chi connectivity index (χ2n) is 3.40. The van der Waals surface area contributed by atoms with Gasteiger partial charge in [-0.05, 0) is 25.5 Å². The number of nitrogens with zero attached hydrogens (tertiary/aromatic N) is 2. The van der Waals surface area contributed by atoms with Crippen molar-refractivity contribution in [2.45, 2.75) is 13.8 Å². The van der Waals surface area contributed by atoms with Gasteiger partial charge in [-0.2, -0.15) is 0 Å². The number of hydrogen-bond donors (Lipinski definition) is 1. The fourth-order valence-corrected chi connectivity index (χ4v) is 1.45. The summed E-state index contributed by atoms with van der Waals surface area (Å²) in [6.45, 7) is 3.73. The summed E-state index contributed by atoms with van der Waals surface area (Å²) < 4.78 is 0. The highest BCUT2D eigenvalue weighted by molar-refractivity contribution is 5.64. The van der Waals surface area contributed by atoms with Gasteiger partial charge in [-0.3, -0.25) is 9.78 Å². The summed E-state index contributed by atoms with van der Waals surface area (Å²) in [4.78, 5) is 22.2. The Bertz CT molecular complexity index is 546. The molecule has 0 aliphatic carbocycles. The van der Waals surface area contributed by atoms with Gasteiger partial charge in [0, 0.05) is 23.5 Å². The third-order valence-corrected chi connectivity index (χ3v) is 2.38. The van der Waals surface area contributed by atoms with Crippen molar-refractivity contribution >= 4 is 0 Å². The minimum absolute atomic E-state index is 0.108. The highest BCUT2D eigenvalue weighted by atomic mass is 16.1. The zero-order chi connectivity index (χ0) is 10.8. The van der Waals surface area contributed by atoms with Crippen LogP contribution >= 0.6 is 0 Å². The van der Waals surface area contributed by atoms with E-state index in [4.69, 9.17) is 0 Å². The average molecular weight is 201 g/mol. The summed E-state index contributed by atoms with van der Waals surface area (Å²) in [6.07, 6.45) is 4.86. The Labute approximate surface area is 87.0 Å². The Morgan fingerprint density at radius 3 is 2.87 bits per heavy atom. The normalized spacial score (nSPS) is 10.3. The predicted octanol–water partition coefficient (Wildman–Crippen LogP) is 1.45. The second kappa shape index (κ2) is 3.65. The van der Waals surface area contributed by atoms with E-state index in [0.717, 1.165) is 11.1 Å². The van der Waals surface area contributed by atoms with Crippen LogP contribution in [0.1, 0.15) is 11.1 Å². The predicted molar refractivity (Wildman–Crippen MR) is 57.6 cm³/mol. The molecule has 0 amide bonds. The molecule has 2 aromatic heterocycles. The third-order valence-electron chi connectivity index (χ3n) is 2.38. The van der Waals surface area contributed by atoms with Gasteiger partial charge in [-0.1, -0.05) is 0 Å². The molecule has 0 fully saturated rings. The molecule has 0 radical (unpaired) electrons. The molecule has 0 aliphatic heterocycles. The van der Waals surface area contributed by atoms with Crippen molar-refractivity contribution in [1.82, 2.24) is 15.0 Å². The van der Waals surface area contributed by atoms with Crippen LogP contribution < -0.4 is 5.56 Å². The lowest BCUT2D eigenvalue weighted by Crippen LogP contribution is -2.11. The molecule has 15 heavy (non-hydrogen) atoms. The molecule has 1 N–H and O–H groups in total. The van der Waals surface area contributed by atoms with Gasteiger partial charge in [0.2, 0.25) is 0 Å². The molecule has 0 saturated heterocycles. The SMILES string of the molecule is Cc1ccncc1-c1nc[nH]c(=O)c1C. The van der Waals surface area contributed by atoms with E-state index < -0.39 is 0 Å². The molecular weight excluding hydrogens is 190 g/mol. The van der Waals surface area contributed by atoms with E-state index in [9.17, 15) is 4.79 Å². The minimum atomic E-state index is -0.108. The number of pyridine rings is 1. The van der Waals surface area contributed by atoms with Crippen LogP contribution in [-0.2, 0) is 0 Å². The van der Waals surface area contributed by atoms with Crippen molar-refractivity contribution in [1.29, 1.82) is 0 Å². The summed E-state index contributed by atoms with van der Waals surface area (Å²) in [6, 6.07) is 1.90. The van der Waals surface area contributed by atoms with Gasteiger partial charge in [0.1, 0.15) is 0 Å². The highest BCUT2D eigenvalue weighted by Crippen LogP contribution is 2.20. The fraction of sp³-hybridized carbons (Fsp3) is 0.182. The maximum atomic E-state index is 11.4. The fourth-order valence-electron chi connectivity index (χ4n) is 1.45. The number of rotatable bonds is 1. The lowest BCUT2D eigenvalue weighted by atomic mass is 10.1. The maximum Gasteiger partial charge on any atom is 0.254 e. The first-order valence-electron chi connectivity index (χ1n) is 4.65. The molecule has 2 heterocycles. The summed E-state index contributed by atoms with van der Waals surface area (Å²) >= 11 is 0. The van der Waals surface area contributed by atoms with Crippen LogP contribution in [0.2, 0.25) is 0 Å². The number of H-pyrrole nitrogens is 1. The molecule has 0 aromatic carbocycles. The Kier molecular flexibility index (Phi) is 2.33. The van der Waals surface area contributed by atoms with E-state index in [0.29, 0.717) is 11.3 Å². The Morgan fingerprint density at radius 2 is 2.13 bits per heavy atom. The lowest BCUT2D eigenvalue weighted by molar-refractivity contribution is 1.08. The molecular formula is C11H11N3O. The molecule has 0 aliphatic rings. The first-order valence-corrected chi connectivity index (χ1v) is 4.65. The molecule has 0 saturated carbocycles. The van der Waals surface area contributed by atoms with Crippen LogP contribution in [0.3, 0.4) is 0 Å². The average Bonchev–Trinajstić information content (AvgIpc) is 2.23. The molecule has 0 bridgehead atoms. The molecule has 2 aromatic rings. The quantitative estimate of drug-likeness (QED) is 0.759. The van der Waals surface area contributed by atoms with Crippen LogP contribution in [0.5, 0.6) is 0 Å². The van der Waals surface area contributed by atoms with Gasteiger partial charge in [-0.15, -0.1) is 0 Å². The van der Waals surface area contributed by atoms with Gasteiger partial charge in [0.15, 0.2) is 0 Å². The maximum absolute atomic E-state index is 11.4. The minimum Gasteiger partial charge on any atom is -0.313 e. The van der Waals surface area contributed by atoms with Crippen LogP contribution in [0.4, 0.5) is 0 Å². The van der Waals surface area contributed by atoms with Crippen molar-refractivity contribution < 1.29 is 0 Å². The highest BCUT2D eigenvalue weighted by Gasteiger charge is 2.08. The third kappa shape index (κ3) is 1.66. The smallest absolute Gasteiger partial charge is 0.254 e. The second-order valence-corrected chi connectivity index (χ2v) is 3.40. The van der Waals surface area contributed by atoms with E-state index in [1.54, 1.807) is 19.3 Å². The van der Waals surface area contributed by atoms with Crippen molar-refractivity contribution in [3.05, 3.63) is 46.3 Å². The van der Waals surface area contributed by atoms with Crippen molar-refractivity contribution in [3.8, 4) is 11.3 Å². The molecule has 4 nitrogen and oxygen atoms in total. The van der Waals surface area contributed by atoms with Crippen LogP contribution in [0.15, 0.2) is 29.6 Å². The zero-order valence-corrected chi connectivity index (χ0v) is 8.61. The Balaban J connectivity index is 2.70. The van der Waals surface area contributed by atoms with Gasteiger partial charge < -0.3 is 4.98 Å². The zero-order valence-electron chi connectivity index (χ0n) is 8.61. The molecule has 4 heteroatoms. The molecule has 0 spiro atoms. The summed E-state index contributed by atoms with van der Waals surface area (Å²) in [5.41, 5.74) is 3.17. The number of aromatic nitrogens is 3. The number of hydrogen-bond acceptors (Lipinski definition) is 3. The van der Waals surface area contributed by atoms with E-state index in [2.05, 4.69) is 15.0 Å². The number of aromatic amines is 1. The number of nitrogens with one attached hydrogen (secondary N) is 1. The Hall–Kier alpha value is -1.97. The first-order chi connectivity index (χ1) is 7.20. The lowest BCUT2D eigenvalue weighted by Gasteiger charge is -2.05. The summed E-state index contributed by atoms with van der Waals surface area (Å²) in [5.74, 6) is 0. The molecule has 2 rings (SSSR count). The van der Waals surface area contributed by atoms with E-state index >= 15 is 0 Å². The van der Waals surface area contributed by atoms with Gasteiger partial charge in [0.25, 0.3) is 5.56 Å². The summed E-state index contributed by atoms with van der Waals surface area (Å²) in [5, 5.41) is 0. The van der Waals surface area contributed by atoms with Gasteiger partial charge in [-0.25, -0.2) is 4.98 Å². The van der Waals surface area contributed by atoms with Crippen LogP contribution in [0.25, 0.3) is 11.3 Å². The van der Waals surface area contributed by atoms with Crippen LogP contribution in [0, 0.1) is 13.8 Å². The van der Waals surface area contributed by atoms with Crippen molar-refractivity contribution in [2.24, 2.45) is 0 Å². The molecule has 0 unspecified atom stereocenters. The number of aryl methyl sites for hydroxylation is 1. The van der Waals surface area contributed by atoms with Gasteiger partial charge >= 0.3 is 0 Å². The van der Waals surface area contributed by atoms with Crippen molar-refractivity contribution in [2.75, 3.05) is 0 Å². The topological polar surface area (TPSA) is 58.6 Å². The first kappa shape index (κ1) is 9.58. The standard InChI is InChI=1S/C11H11N3O/c1-7-3-4-12-5-9(7)10-8(2)11(15)14-6-13-10/h3-6H,1-2H3,(H,13,14,15). The largest absolute Gasteiger partial charge is 0.313 e. The van der Waals surface area contributed by atoms with E-state index in [1.165, 1.54) is 6.33 Å². The van der Waals surface area contributed by atoms with Crippen molar-refractivity contribution in [3.63, 3.8) is 0 Å². The summed E-state index contributed by atoms with van der Waals surface area (Å²) in [7, 11) is 0. The molecule has 76 valence electrons. The molecule has 0 atom stereocenters. The van der Waals surface area contributed by atoms with E-state index in [1.807, 2.05) is 13.0 Å². The Morgan fingerprint density at radius 1 is 1.33 bits per heavy atom. The monoisotopic (exact) mass is 201 g/mol. The van der Waals surface area contributed by atoms with Gasteiger partial charge in [0.05, 0.1) is 12.0 Å². The van der Waals surface area contributed by atoms with Crippen LogP contribution in [-0.4, -0.2) is 15.0 Å². The van der Waals surface area contributed by atoms with E-state index in [-0.39, 0.29) is 5.56 Å².